The van der Waals surface area contributed by atoms with Crippen LogP contribution in [0.3, 0.4) is 0 Å². The minimum Gasteiger partial charge on any atom is -0.454 e. The van der Waals surface area contributed by atoms with Crippen molar-refractivity contribution < 1.29 is 4.42 Å². The van der Waals surface area contributed by atoms with E-state index in [-0.39, 0.29) is 5.41 Å². The molecular weight excluding hydrogens is 769 g/mol. The first-order chi connectivity index (χ1) is 31.0. The van der Waals surface area contributed by atoms with Crippen molar-refractivity contribution in [3.8, 4) is 45.1 Å². The number of furan rings is 1. The highest BCUT2D eigenvalue weighted by Gasteiger charge is 2.38. The van der Waals surface area contributed by atoms with Crippen LogP contribution < -0.4 is 0 Å². The van der Waals surface area contributed by atoms with E-state index in [4.69, 9.17) is 9.40 Å². The fraction of sp³-hybridized carbons (Fsp3) is 0.0690. The van der Waals surface area contributed by atoms with E-state index in [1.54, 1.807) is 0 Å². The van der Waals surface area contributed by atoms with Crippen LogP contribution in [0, 0.1) is 11.3 Å². The van der Waals surface area contributed by atoms with Crippen molar-refractivity contribution >= 4 is 82.0 Å². The Labute approximate surface area is 361 Å². The molecule has 5 nitrogen and oxygen atoms in total. The lowest BCUT2D eigenvalue weighted by Crippen LogP contribution is -2.27. The maximum absolute atomic E-state index is 11.1. The largest absolute Gasteiger partial charge is 0.454 e. The van der Waals surface area contributed by atoms with Crippen molar-refractivity contribution in [3.63, 3.8) is 0 Å². The highest BCUT2D eigenvalue weighted by atomic mass is 16.3. The van der Waals surface area contributed by atoms with E-state index in [0.717, 1.165) is 106 Å². The fourth-order valence-electron chi connectivity index (χ4n) is 11.6. The molecule has 0 saturated carbocycles. The molecule has 0 aliphatic heterocycles. The predicted octanol–water partition coefficient (Wildman–Crippen LogP) is 14.9. The Balaban J connectivity index is 1.29. The summed E-state index contributed by atoms with van der Waals surface area (Å²) in [6.45, 7) is 4.60. The molecule has 5 heterocycles. The molecule has 1 aliphatic carbocycles. The number of para-hydroxylation sites is 3. The summed E-state index contributed by atoms with van der Waals surface area (Å²) in [6, 6.07) is 61.4. The maximum atomic E-state index is 11.1. The summed E-state index contributed by atoms with van der Waals surface area (Å²) in [6.07, 6.45) is 2.88. The molecule has 0 unspecified atom stereocenters. The van der Waals surface area contributed by atoms with Gasteiger partial charge >= 0.3 is 0 Å². The normalized spacial score (nSPS) is 13.6. The van der Waals surface area contributed by atoms with Crippen molar-refractivity contribution in [1.29, 1.82) is 5.26 Å². The number of aromatic nitrogens is 3. The van der Waals surface area contributed by atoms with Crippen molar-refractivity contribution in [3.05, 3.63) is 187 Å². The van der Waals surface area contributed by atoms with E-state index in [0.29, 0.717) is 5.56 Å². The Hall–Kier alpha value is -8.20. The van der Waals surface area contributed by atoms with Crippen molar-refractivity contribution in [2.45, 2.75) is 25.7 Å². The van der Waals surface area contributed by atoms with Crippen LogP contribution in [0.5, 0.6) is 0 Å². The Morgan fingerprint density at radius 1 is 0.587 bits per heavy atom. The second-order valence-electron chi connectivity index (χ2n) is 17.9. The molecule has 8 aromatic carbocycles. The highest BCUT2D eigenvalue weighted by molar-refractivity contribution is 6.39. The van der Waals surface area contributed by atoms with Gasteiger partial charge in [0.1, 0.15) is 11.1 Å². The molecule has 0 fully saturated rings. The van der Waals surface area contributed by atoms with Crippen LogP contribution in [0.25, 0.3) is 121 Å². The van der Waals surface area contributed by atoms with E-state index in [2.05, 4.69) is 174 Å². The first kappa shape index (κ1) is 34.5. The quantitative estimate of drug-likeness (QED) is 0.179. The van der Waals surface area contributed by atoms with Crippen molar-refractivity contribution in [2.75, 3.05) is 0 Å². The molecule has 1 aliphatic rings. The molecule has 0 spiro atoms. The van der Waals surface area contributed by atoms with Gasteiger partial charge in [0.15, 0.2) is 5.58 Å². The van der Waals surface area contributed by atoms with E-state index in [1.807, 2.05) is 24.4 Å². The Morgan fingerprint density at radius 2 is 1.25 bits per heavy atom. The number of benzene rings is 8. The van der Waals surface area contributed by atoms with Gasteiger partial charge in [-0.2, -0.15) is 5.26 Å². The van der Waals surface area contributed by atoms with Gasteiger partial charge in [-0.1, -0.05) is 147 Å². The lowest BCUT2D eigenvalue weighted by atomic mass is 9.67. The molecule has 0 amide bonds. The minimum atomic E-state index is -0.286. The molecule has 294 valence electrons. The van der Waals surface area contributed by atoms with E-state index >= 15 is 0 Å². The second kappa shape index (κ2) is 12.2. The highest BCUT2D eigenvalue weighted by Crippen LogP contribution is 2.55. The van der Waals surface area contributed by atoms with Crippen LogP contribution in [-0.2, 0) is 11.8 Å². The van der Waals surface area contributed by atoms with Crippen molar-refractivity contribution in [1.82, 2.24) is 14.0 Å². The smallest absolute Gasteiger partial charge is 0.163 e. The zero-order valence-electron chi connectivity index (χ0n) is 34.6. The zero-order chi connectivity index (χ0) is 41.7. The molecular formula is C58H36N4O. The summed E-state index contributed by atoms with van der Waals surface area (Å²) in [4.78, 5) is 5.16. The van der Waals surface area contributed by atoms with Gasteiger partial charge in [-0.15, -0.1) is 0 Å². The second-order valence-corrected chi connectivity index (χ2v) is 17.9. The predicted molar refractivity (Wildman–Crippen MR) is 258 cm³/mol. The SMILES string of the molecule is CC1(C)Cc2ccccc2-c2c1c(C#N)cc1c2c2c3c4ccccc4n(-c4c(-c5ccccc5)cccc4-c4ccccc4)c3cc3c4c5oc6ccccc6c5ncc4n1c32. The zero-order valence-corrected chi connectivity index (χ0v) is 34.6. The standard InChI is InChI=1S/C58H36N4O/c1-58(2)30-35-20-9-10-21-37(35)50-51-44(28-36(31-59)53(50)58)62-46-32-60-54-41-23-12-14-27-47(41)63-57(54)49(46)42-29-45-48(52(51)56(42)62)40-22-11-13-26-43(40)61(45)55-38(33-16-5-3-6-17-33)24-15-25-39(55)34-18-7-4-8-19-34/h3-29,32H,30H2,1-2H3. The lowest BCUT2D eigenvalue weighted by Gasteiger charge is -2.35. The first-order valence-corrected chi connectivity index (χ1v) is 21.7. The summed E-state index contributed by atoms with van der Waals surface area (Å²) >= 11 is 0. The fourth-order valence-corrected chi connectivity index (χ4v) is 11.6. The van der Waals surface area contributed by atoms with Gasteiger partial charge in [0, 0.05) is 43.4 Å². The topological polar surface area (TPSA) is 59.2 Å². The van der Waals surface area contributed by atoms with Crippen LogP contribution in [0.2, 0.25) is 0 Å². The monoisotopic (exact) mass is 804 g/mol. The Bertz CT molecular complexity index is 4080. The van der Waals surface area contributed by atoms with Gasteiger partial charge in [-0.05, 0) is 75.5 Å². The van der Waals surface area contributed by atoms with E-state index < -0.39 is 0 Å². The van der Waals surface area contributed by atoms with Crippen LogP contribution in [-0.4, -0.2) is 14.0 Å². The Morgan fingerprint density at radius 3 is 2.02 bits per heavy atom. The van der Waals surface area contributed by atoms with Gasteiger partial charge in [0.05, 0.1) is 56.5 Å². The molecule has 63 heavy (non-hydrogen) atoms. The molecule has 13 aromatic rings. The van der Waals surface area contributed by atoms with Gasteiger partial charge in [0.25, 0.3) is 0 Å². The van der Waals surface area contributed by atoms with Gasteiger partial charge in [-0.25, -0.2) is 4.98 Å². The average Bonchev–Trinajstić information content (AvgIpc) is 4.06. The number of nitrogens with zero attached hydrogens (tertiary/aromatic N) is 4. The number of hydrogen-bond acceptors (Lipinski definition) is 3. The summed E-state index contributed by atoms with van der Waals surface area (Å²) in [5.74, 6) is 0. The van der Waals surface area contributed by atoms with E-state index in [9.17, 15) is 5.26 Å². The van der Waals surface area contributed by atoms with E-state index in [1.165, 1.54) is 32.7 Å². The van der Waals surface area contributed by atoms with Gasteiger partial charge < -0.3 is 13.4 Å². The number of nitriles is 1. The third-order valence-electron chi connectivity index (χ3n) is 14.0. The molecule has 0 bridgehead atoms. The molecule has 0 atom stereocenters. The molecule has 14 rings (SSSR count). The summed E-state index contributed by atoms with van der Waals surface area (Å²) < 4.78 is 11.8. The number of rotatable bonds is 3. The number of fused-ring (bicyclic) bond motifs is 18. The third-order valence-corrected chi connectivity index (χ3v) is 14.0. The summed E-state index contributed by atoms with van der Waals surface area (Å²) in [7, 11) is 0. The van der Waals surface area contributed by atoms with Gasteiger partial charge in [0.2, 0.25) is 0 Å². The van der Waals surface area contributed by atoms with Crippen LogP contribution in [0.15, 0.2) is 174 Å². The summed E-state index contributed by atoms with van der Waals surface area (Å²) in [5.41, 5.74) is 18.7. The first-order valence-electron chi connectivity index (χ1n) is 21.7. The Kier molecular flexibility index (Phi) is 6.69. The molecule has 0 N–H and O–H groups in total. The number of pyridine rings is 1. The van der Waals surface area contributed by atoms with Crippen LogP contribution in [0.4, 0.5) is 0 Å². The van der Waals surface area contributed by atoms with Crippen LogP contribution >= 0.6 is 0 Å². The average molecular weight is 805 g/mol. The van der Waals surface area contributed by atoms with Crippen LogP contribution in [0.1, 0.15) is 30.5 Å². The minimum absolute atomic E-state index is 0.286. The number of hydrogen-bond donors (Lipinski definition) is 0. The maximum Gasteiger partial charge on any atom is 0.163 e. The molecule has 0 radical (unpaired) electrons. The molecule has 5 aromatic heterocycles. The third kappa shape index (κ3) is 4.42. The molecule has 5 heteroatoms. The van der Waals surface area contributed by atoms with Gasteiger partial charge in [-0.3, -0.25) is 0 Å². The molecule has 0 saturated heterocycles. The summed E-state index contributed by atoms with van der Waals surface area (Å²) in [5, 5.41) is 18.9. The van der Waals surface area contributed by atoms with Crippen molar-refractivity contribution in [2.24, 2.45) is 0 Å². The lowest BCUT2D eigenvalue weighted by molar-refractivity contribution is 0.517.